The molecular formula is C24H20F5N3O3S. The van der Waals surface area contributed by atoms with Gasteiger partial charge in [0.1, 0.15) is 17.3 Å². The van der Waals surface area contributed by atoms with Crippen LogP contribution in [0.4, 0.5) is 27.6 Å². The van der Waals surface area contributed by atoms with Gasteiger partial charge in [-0.1, -0.05) is 24.3 Å². The van der Waals surface area contributed by atoms with E-state index in [1.165, 1.54) is 31.2 Å². The number of hydrogen-bond donors (Lipinski definition) is 2. The van der Waals surface area contributed by atoms with Crippen LogP contribution in [0.1, 0.15) is 22.4 Å². The topological polar surface area (TPSA) is 102 Å². The molecule has 36 heavy (non-hydrogen) atoms. The van der Waals surface area contributed by atoms with Crippen molar-refractivity contribution in [3.63, 3.8) is 0 Å². The number of rotatable bonds is 7. The molecule has 0 saturated carbocycles. The predicted octanol–water partition coefficient (Wildman–Crippen LogP) is 4.84. The van der Waals surface area contributed by atoms with E-state index in [4.69, 9.17) is 5.73 Å². The van der Waals surface area contributed by atoms with E-state index in [1.54, 1.807) is 0 Å². The Morgan fingerprint density at radius 3 is 2.36 bits per heavy atom. The maximum atomic E-state index is 14.6. The van der Waals surface area contributed by atoms with E-state index in [0.717, 1.165) is 30.5 Å². The molecule has 0 spiro atoms. The summed E-state index contributed by atoms with van der Waals surface area (Å²) in [5, 5.41) is 0. The molecule has 3 N–H and O–H groups in total. The summed E-state index contributed by atoms with van der Waals surface area (Å²) < 4.78 is 93.2. The Morgan fingerprint density at radius 2 is 1.81 bits per heavy atom. The number of aryl methyl sites for hydroxylation is 1. The number of nitrogens with one attached hydrogen (secondary N) is 1. The average Bonchev–Trinajstić information content (AvgIpc) is 2.74. The summed E-state index contributed by atoms with van der Waals surface area (Å²) in [6, 6.07) is 9.00. The molecule has 1 aromatic heterocycles. The second-order valence-electron chi connectivity index (χ2n) is 8.00. The fraction of sp³-hybridized carbons (Fsp3) is 0.167. The minimum Gasteiger partial charge on any atom is -0.366 e. The molecule has 1 heterocycles. The lowest BCUT2D eigenvalue weighted by molar-refractivity contribution is -0.141. The number of carbonyl (C=O) groups excluding carboxylic acids is 1. The van der Waals surface area contributed by atoms with Gasteiger partial charge in [-0.25, -0.2) is 22.2 Å². The number of pyridine rings is 1. The highest BCUT2D eigenvalue weighted by Crippen LogP contribution is 2.33. The molecular weight excluding hydrogens is 505 g/mol. The molecule has 3 rings (SSSR count). The fourth-order valence-electron chi connectivity index (χ4n) is 3.46. The van der Waals surface area contributed by atoms with E-state index in [0.29, 0.717) is 6.07 Å². The van der Waals surface area contributed by atoms with Gasteiger partial charge in [-0.3, -0.25) is 9.52 Å². The molecule has 190 valence electrons. The molecule has 0 radical (unpaired) electrons. The molecule has 0 bridgehead atoms. The number of nitrogens with two attached hydrogens (primary N) is 1. The van der Waals surface area contributed by atoms with Crippen LogP contribution in [0, 0.1) is 18.6 Å². The highest BCUT2D eigenvalue weighted by atomic mass is 32.2. The van der Waals surface area contributed by atoms with Crippen LogP contribution < -0.4 is 10.5 Å². The van der Waals surface area contributed by atoms with Crippen molar-refractivity contribution in [3.05, 3.63) is 88.1 Å². The molecule has 0 aliphatic heterocycles. The molecule has 0 saturated heterocycles. The maximum absolute atomic E-state index is 14.6. The standard InChI is InChI=1S/C24H20F5N3O3S/c1-13-8-14(10-19(26)21(13)32-36(2,34)35)9-17(23(30)33)11-16-6-7-20(24(27,28)29)31-22(16)15-4-3-5-18(25)12-15/h3-8,10-12,32H,9H2,1-2H3,(H2,30,33). The lowest BCUT2D eigenvalue weighted by Crippen LogP contribution is -2.16. The summed E-state index contributed by atoms with van der Waals surface area (Å²) in [6.07, 6.45) is -2.93. The normalized spacial score (nSPS) is 12.5. The van der Waals surface area contributed by atoms with Crippen LogP contribution in [-0.4, -0.2) is 25.6 Å². The van der Waals surface area contributed by atoms with Crippen LogP contribution in [0.5, 0.6) is 0 Å². The van der Waals surface area contributed by atoms with Gasteiger partial charge in [-0.05, 0) is 48.4 Å². The van der Waals surface area contributed by atoms with Gasteiger partial charge < -0.3 is 5.73 Å². The fourth-order valence-corrected chi connectivity index (χ4v) is 4.09. The largest absolute Gasteiger partial charge is 0.433 e. The van der Waals surface area contributed by atoms with Crippen molar-refractivity contribution in [2.24, 2.45) is 5.73 Å². The smallest absolute Gasteiger partial charge is 0.366 e. The minimum absolute atomic E-state index is 0.0364. The van der Waals surface area contributed by atoms with Crippen molar-refractivity contribution in [3.8, 4) is 11.3 Å². The number of alkyl halides is 3. The third-order valence-corrected chi connectivity index (χ3v) is 5.57. The lowest BCUT2D eigenvalue weighted by atomic mass is 9.97. The quantitative estimate of drug-likeness (QED) is 0.341. The Labute approximate surface area is 203 Å². The van der Waals surface area contributed by atoms with Crippen LogP contribution >= 0.6 is 0 Å². The highest BCUT2D eigenvalue weighted by molar-refractivity contribution is 7.92. The summed E-state index contributed by atoms with van der Waals surface area (Å²) in [5.41, 5.74) is 4.24. The van der Waals surface area contributed by atoms with Crippen LogP contribution in [0.25, 0.3) is 17.3 Å². The number of anilines is 1. The Bertz CT molecular complexity index is 1450. The van der Waals surface area contributed by atoms with Gasteiger partial charge in [0.15, 0.2) is 0 Å². The first-order valence-electron chi connectivity index (χ1n) is 10.3. The van der Waals surface area contributed by atoms with Crippen molar-refractivity contribution in [1.82, 2.24) is 4.98 Å². The third-order valence-electron chi connectivity index (χ3n) is 4.99. The summed E-state index contributed by atoms with van der Waals surface area (Å²) in [7, 11) is -3.75. The number of carbonyl (C=O) groups is 1. The van der Waals surface area contributed by atoms with E-state index < -0.39 is 39.4 Å². The zero-order chi connectivity index (χ0) is 26.8. The summed E-state index contributed by atoms with van der Waals surface area (Å²) >= 11 is 0. The van der Waals surface area contributed by atoms with E-state index in [1.807, 2.05) is 0 Å². The second kappa shape index (κ2) is 10.1. The number of primary amides is 1. The van der Waals surface area contributed by atoms with E-state index in [2.05, 4.69) is 9.71 Å². The molecule has 2 aromatic carbocycles. The molecule has 0 aliphatic rings. The van der Waals surface area contributed by atoms with Gasteiger partial charge in [-0.2, -0.15) is 13.2 Å². The molecule has 0 fully saturated rings. The van der Waals surface area contributed by atoms with Crippen molar-refractivity contribution in [2.45, 2.75) is 19.5 Å². The monoisotopic (exact) mass is 525 g/mol. The van der Waals surface area contributed by atoms with Gasteiger partial charge >= 0.3 is 6.18 Å². The molecule has 1 amide bonds. The van der Waals surface area contributed by atoms with Crippen LogP contribution in [0.15, 0.2) is 54.1 Å². The number of hydrogen-bond acceptors (Lipinski definition) is 4. The Kier molecular flexibility index (Phi) is 7.48. The maximum Gasteiger partial charge on any atom is 0.433 e. The third kappa shape index (κ3) is 6.66. The zero-order valence-electron chi connectivity index (χ0n) is 19.0. The SMILES string of the molecule is Cc1cc(CC(=Cc2ccc(C(F)(F)F)nc2-c2cccc(F)c2)C(N)=O)cc(F)c1NS(C)(=O)=O. The summed E-state index contributed by atoms with van der Waals surface area (Å²) in [4.78, 5) is 15.8. The number of amides is 1. The number of aromatic nitrogens is 1. The van der Waals surface area contributed by atoms with E-state index in [9.17, 15) is 35.2 Å². The van der Waals surface area contributed by atoms with Crippen molar-refractivity contribution in [2.75, 3.05) is 11.0 Å². The average molecular weight is 525 g/mol. The molecule has 0 unspecified atom stereocenters. The Morgan fingerprint density at radius 1 is 1.11 bits per heavy atom. The van der Waals surface area contributed by atoms with Gasteiger partial charge in [0.05, 0.1) is 17.6 Å². The Balaban J connectivity index is 2.10. The number of halogens is 5. The van der Waals surface area contributed by atoms with Crippen LogP contribution in [0.3, 0.4) is 0 Å². The van der Waals surface area contributed by atoms with Crippen molar-refractivity contribution < 1.29 is 35.2 Å². The first kappa shape index (κ1) is 26.8. The molecule has 12 heteroatoms. The first-order chi connectivity index (χ1) is 16.6. The number of nitrogens with zero attached hydrogens (tertiary/aromatic N) is 1. The molecule has 3 aromatic rings. The van der Waals surface area contributed by atoms with Gasteiger partial charge in [0.2, 0.25) is 15.9 Å². The van der Waals surface area contributed by atoms with Crippen molar-refractivity contribution >= 4 is 27.7 Å². The highest BCUT2D eigenvalue weighted by Gasteiger charge is 2.33. The van der Waals surface area contributed by atoms with Gasteiger partial charge in [0, 0.05) is 23.1 Å². The molecule has 0 aliphatic carbocycles. The van der Waals surface area contributed by atoms with Gasteiger partial charge in [0.25, 0.3) is 0 Å². The first-order valence-corrected chi connectivity index (χ1v) is 12.1. The van der Waals surface area contributed by atoms with E-state index >= 15 is 0 Å². The number of sulfonamides is 1. The van der Waals surface area contributed by atoms with Crippen molar-refractivity contribution in [1.29, 1.82) is 0 Å². The van der Waals surface area contributed by atoms with Gasteiger partial charge in [-0.15, -0.1) is 0 Å². The van der Waals surface area contributed by atoms with Crippen LogP contribution in [0.2, 0.25) is 0 Å². The van der Waals surface area contributed by atoms with Crippen LogP contribution in [-0.2, 0) is 27.4 Å². The second-order valence-corrected chi connectivity index (χ2v) is 9.75. The predicted molar refractivity (Wildman–Crippen MR) is 125 cm³/mol. The van der Waals surface area contributed by atoms with E-state index in [-0.39, 0.29) is 45.6 Å². The Hall–Kier alpha value is -3.80. The minimum atomic E-state index is -4.77. The number of benzene rings is 2. The summed E-state index contributed by atoms with van der Waals surface area (Å²) in [6.45, 7) is 1.45. The molecule has 0 atom stereocenters. The lowest BCUT2D eigenvalue weighted by Gasteiger charge is -2.14. The zero-order valence-corrected chi connectivity index (χ0v) is 19.8. The molecule has 6 nitrogen and oxygen atoms in total. The summed E-state index contributed by atoms with van der Waals surface area (Å²) in [5.74, 6) is -2.53.